The molecular formula is C12H23NS. The van der Waals surface area contributed by atoms with E-state index in [1.54, 1.807) is 0 Å². The first-order chi connectivity index (χ1) is 6.45. The van der Waals surface area contributed by atoms with Crippen molar-refractivity contribution in [1.29, 1.82) is 0 Å². The molecule has 14 heavy (non-hydrogen) atoms. The van der Waals surface area contributed by atoms with Gasteiger partial charge in [0, 0.05) is 17.2 Å². The zero-order chi connectivity index (χ0) is 10.6. The van der Waals surface area contributed by atoms with Crippen molar-refractivity contribution < 1.29 is 0 Å². The summed E-state index contributed by atoms with van der Waals surface area (Å²) < 4.78 is 2.52. The highest BCUT2D eigenvalue weighted by molar-refractivity contribution is 7.97. The van der Waals surface area contributed by atoms with Gasteiger partial charge in [0.15, 0.2) is 0 Å². The third kappa shape index (κ3) is 1.07. The van der Waals surface area contributed by atoms with E-state index in [-0.39, 0.29) is 0 Å². The van der Waals surface area contributed by atoms with Crippen LogP contribution in [0.25, 0.3) is 0 Å². The van der Waals surface area contributed by atoms with E-state index in [1.165, 1.54) is 18.6 Å². The van der Waals surface area contributed by atoms with Crippen molar-refractivity contribution >= 4 is 11.9 Å². The molecule has 0 aromatic carbocycles. The Morgan fingerprint density at radius 1 is 1.43 bits per heavy atom. The second kappa shape index (κ2) is 3.15. The predicted molar refractivity (Wildman–Crippen MR) is 64.3 cm³/mol. The Kier molecular flexibility index (Phi) is 2.43. The molecule has 1 nitrogen and oxygen atoms in total. The van der Waals surface area contributed by atoms with Crippen molar-refractivity contribution in [1.82, 2.24) is 4.31 Å². The van der Waals surface area contributed by atoms with Gasteiger partial charge < -0.3 is 0 Å². The molecule has 1 aliphatic carbocycles. The maximum Gasteiger partial charge on any atom is 0.0272 e. The SMILES string of the molecule is CC[C@@]12CSN(C)C1CC(C)C2(C)C. The fourth-order valence-corrected chi connectivity index (χ4v) is 5.32. The van der Waals surface area contributed by atoms with E-state index in [1.807, 2.05) is 0 Å². The zero-order valence-corrected chi connectivity index (χ0v) is 10.9. The summed E-state index contributed by atoms with van der Waals surface area (Å²) in [5, 5.41) is 0. The van der Waals surface area contributed by atoms with Crippen LogP contribution in [0.1, 0.15) is 40.5 Å². The lowest BCUT2D eigenvalue weighted by Crippen LogP contribution is -2.42. The van der Waals surface area contributed by atoms with E-state index in [9.17, 15) is 0 Å². The van der Waals surface area contributed by atoms with Gasteiger partial charge in [0.25, 0.3) is 0 Å². The van der Waals surface area contributed by atoms with Crippen LogP contribution in [0.3, 0.4) is 0 Å². The molecule has 0 radical (unpaired) electrons. The lowest BCUT2D eigenvalue weighted by Gasteiger charge is -2.42. The summed E-state index contributed by atoms with van der Waals surface area (Å²) in [6.45, 7) is 9.79. The molecule has 2 rings (SSSR count). The van der Waals surface area contributed by atoms with Crippen molar-refractivity contribution in [3.05, 3.63) is 0 Å². The topological polar surface area (TPSA) is 3.24 Å². The Morgan fingerprint density at radius 2 is 2.07 bits per heavy atom. The Labute approximate surface area is 92.8 Å². The first kappa shape index (κ1) is 10.8. The Balaban J connectivity index is 2.39. The lowest BCUT2D eigenvalue weighted by molar-refractivity contribution is 0.0741. The summed E-state index contributed by atoms with van der Waals surface area (Å²) in [5.41, 5.74) is 1.09. The summed E-state index contributed by atoms with van der Waals surface area (Å²) in [5.74, 6) is 2.21. The maximum absolute atomic E-state index is 2.52. The van der Waals surface area contributed by atoms with Gasteiger partial charge in [-0.2, -0.15) is 0 Å². The number of nitrogens with zero attached hydrogens (tertiary/aromatic N) is 1. The van der Waals surface area contributed by atoms with E-state index in [0.29, 0.717) is 10.8 Å². The molecule has 3 atom stereocenters. The van der Waals surface area contributed by atoms with Crippen molar-refractivity contribution in [3.63, 3.8) is 0 Å². The monoisotopic (exact) mass is 213 g/mol. The fraction of sp³-hybridized carbons (Fsp3) is 1.00. The van der Waals surface area contributed by atoms with Crippen LogP contribution in [0.2, 0.25) is 0 Å². The van der Waals surface area contributed by atoms with Crippen LogP contribution in [0.5, 0.6) is 0 Å². The van der Waals surface area contributed by atoms with Gasteiger partial charge in [-0.1, -0.05) is 39.6 Å². The number of fused-ring (bicyclic) bond motifs is 1. The summed E-state index contributed by atoms with van der Waals surface area (Å²) in [7, 11) is 2.28. The minimum Gasteiger partial charge on any atom is -0.250 e. The van der Waals surface area contributed by atoms with Crippen LogP contribution in [0, 0.1) is 16.7 Å². The highest BCUT2D eigenvalue weighted by atomic mass is 32.2. The van der Waals surface area contributed by atoms with Crippen LogP contribution in [-0.4, -0.2) is 23.1 Å². The highest BCUT2D eigenvalue weighted by Crippen LogP contribution is 2.64. The largest absolute Gasteiger partial charge is 0.250 e. The summed E-state index contributed by atoms with van der Waals surface area (Å²) in [4.78, 5) is 0. The number of hydrogen-bond acceptors (Lipinski definition) is 2. The first-order valence-electron chi connectivity index (χ1n) is 5.81. The normalized spacial score (nSPS) is 46.9. The van der Waals surface area contributed by atoms with Gasteiger partial charge in [-0.25, -0.2) is 4.31 Å². The third-order valence-electron chi connectivity index (χ3n) is 5.33. The maximum atomic E-state index is 2.52. The molecule has 1 heterocycles. The van der Waals surface area contributed by atoms with Gasteiger partial charge in [-0.15, -0.1) is 0 Å². The standard InChI is InChI=1S/C12H23NS/c1-6-12-8-14-13(5)10(12)7-9(2)11(12,3)4/h9-10H,6-8H2,1-5H3/t9?,10?,12-/m1/s1. The molecule has 2 unspecified atom stereocenters. The van der Waals surface area contributed by atoms with Crippen molar-refractivity contribution in [2.24, 2.45) is 16.7 Å². The average molecular weight is 213 g/mol. The predicted octanol–water partition coefficient (Wildman–Crippen LogP) is 3.41. The Morgan fingerprint density at radius 3 is 2.57 bits per heavy atom. The summed E-state index contributed by atoms with van der Waals surface area (Å²) in [6.07, 6.45) is 2.73. The average Bonchev–Trinajstić information content (AvgIpc) is 2.54. The molecule has 82 valence electrons. The Bertz CT molecular complexity index is 238. The quantitative estimate of drug-likeness (QED) is 0.614. The van der Waals surface area contributed by atoms with Crippen LogP contribution >= 0.6 is 11.9 Å². The van der Waals surface area contributed by atoms with Gasteiger partial charge in [0.05, 0.1) is 0 Å². The van der Waals surface area contributed by atoms with Crippen LogP contribution in [-0.2, 0) is 0 Å². The van der Waals surface area contributed by atoms with Gasteiger partial charge >= 0.3 is 0 Å². The second-order valence-corrected chi connectivity index (χ2v) is 6.83. The smallest absolute Gasteiger partial charge is 0.0272 e. The molecule has 0 amide bonds. The van der Waals surface area contributed by atoms with E-state index < -0.39 is 0 Å². The lowest BCUT2D eigenvalue weighted by atomic mass is 9.63. The molecule has 0 aromatic rings. The van der Waals surface area contributed by atoms with Gasteiger partial charge in [-0.05, 0) is 31.2 Å². The molecule has 0 N–H and O–H groups in total. The molecule has 1 saturated carbocycles. The van der Waals surface area contributed by atoms with E-state index in [0.717, 1.165) is 12.0 Å². The van der Waals surface area contributed by atoms with Gasteiger partial charge in [0.2, 0.25) is 0 Å². The van der Waals surface area contributed by atoms with Crippen molar-refractivity contribution in [3.8, 4) is 0 Å². The summed E-state index contributed by atoms with van der Waals surface area (Å²) in [6, 6.07) is 0.822. The van der Waals surface area contributed by atoms with Crippen LogP contribution < -0.4 is 0 Å². The van der Waals surface area contributed by atoms with Crippen LogP contribution in [0.4, 0.5) is 0 Å². The minimum absolute atomic E-state index is 0.518. The molecule has 2 heteroatoms. The molecule has 0 spiro atoms. The number of hydrogen-bond donors (Lipinski definition) is 0. The first-order valence-corrected chi connectivity index (χ1v) is 6.75. The number of rotatable bonds is 1. The highest BCUT2D eigenvalue weighted by Gasteiger charge is 2.61. The van der Waals surface area contributed by atoms with Gasteiger partial charge in [-0.3, -0.25) is 0 Å². The molecule has 1 aliphatic heterocycles. The zero-order valence-electron chi connectivity index (χ0n) is 10.1. The molecule has 0 bridgehead atoms. The third-order valence-corrected chi connectivity index (χ3v) is 6.63. The second-order valence-electron chi connectivity index (χ2n) is 5.70. The molecule has 2 aliphatic rings. The minimum atomic E-state index is 0.518. The Hall–Kier alpha value is 0.310. The molecule has 2 fully saturated rings. The van der Waals surface area contributed by atoms with E-state index >= 15 is 0 Å². The van der Waals surface area contributed by atoms with Gasteiger partial charge in [0.1, 0.15) is 0 Å². The van der Waals surface area contributed by atoms with E-state index in [2.05, 4.69) is 51.0 Å². The molecular weight excluding hydrogens is 190 g/mol. The van der Waals surface area contributed by atoms with E-state index in [4.69, 9.17) is 0 Å². The van der Waals surface area contributed by atoms with Crippen molar-refractivity contribution in [2.75, 3.05) is 12.8 Å². The van der Waals surface area contributed by atoms with Crippen molar-refractivity contribution in [2.45, 2.75) is 46.6 Å². The summed E-state index contributed by atoms with van der Waals surface area (Å²) >= 11 is 2.05. The molecule has 0 aromatic heterocycles. The fourth-order valence-electron chi connectivity index (χ4n) is 3.65. The molecule has 1 saturated heterocycles. The van der Waals surface area contributed by atoms with Crippen LogP contribution in [0.15, 0.2) is 0 Å².